The summed E-state index contributed by atoms with van der Waals surface area (Å²) in [6, 6.07) is 18.2. The van der Waals surface area contributed by atoms with E-state index in [4.69, 9.17) is 0 Å². The fraction of sp³-hybridized carbons (Fsp3) is 0.333. The van der Waals surface area contributed by atoms with Crippen LogP contribution in [-0.4, -0.2) is 17.1 Å². The van der Waals surface area contributed by atoms with Crippen molar-refractivity contribution in [3.63, 3.8) is 0 Å². The van der Waals surface area contributed by atoms with Gasteiger partial charge in [-0.05, 0) is 25.6 Å². The Bertz CT molecular complexity index is 496. The molecule has 1 N–H and O–H groups in total. The lowest BCUT2D eigenvalue weighted by atomic mass is 10.1. The molecule has 0 saturated carbocycles. The number of rotatable bonds is 4. The van der Waals surface area contributed by atoms with E-state index in [1.54, 1.807) is 6.07 Å². The molecule has 108 valence electrons. The minimum absolute atomic E-state index is 0.325. The molecule has 0 spiro atoms. The van der Waals surface area contributed by atoms with Crippen molar-refractivity contribution in [2.75, 3.05) is 7.05 Å². The molecular formula is C18H25NO. The van der Waals surface area contributed by atoms with Gasteiger partial charge in [0.15, 0.2) is 0 Å². The van der Waals surface area contributed by atoms with Gasteiger partial charge in [0.2, 0.25) is 0 Å². The molecule has 2 rings (SSSR count). The van der Waals surface area contributed by atoms with Crippen LogP contribution in [0.5, 0.6) is 5.75 Å². The van der Waals surface area contributed by atoms with E-state index < -0.39 is 0 Å². The van der Waals surface area contributed by atoms with Crippen molar-refractivity contribution in [1.82, 2.24) is 4.90 Å². The van der Waals surface area contributed by atoms with E-state index in [1.807, 2.05) is 38.1 Å². The maximum Gasteiger partial charge on any atom is 0.120 e. The van der Waals surface area contributed by atoms with Gasteiger partial charge < -0.3 is 5.11 Å². The first kappa shape index (κ1) is 16.3. The highest BCUT2D eigenvalue weighted by atomic mass is 16.3. The Labute approximate surface area is 122 Å². The molecule has 0 aliphatic heterocycles. The van der Waals surface area contributed by atoms with Crippen LogP contribution in [0, 0.1) is 0 Å². The van der Waals surface area contributed by atoms with Crippen molar-refractivity contribution < 1.29 is 5.11 Å². The molecule has 0 bridgehead atoms. The predicted octanol–water partition coefficient (Wildman–Crippen LogP) is 4.61. The molecule has 0 amide bonds. The molecule has 2 aromatic carbocycles. The zero-order valence-electron chi connectivity index (χ0n) is 12.9. The highest BCUT2D eigenvalue weighted by molar-refractivity contribution is 5.31. The normalized spacial score (nSPS) is 11.7. The second-order valence-electron chi connectivity index (χ2n) is 4.63. The summed E-state index contributed by atoms with van der Waals surface area (Å²) in [5.74, 6) is 0.365. The monoisotopic (exact) mass is 271 g/mol. The Morgan fingerprint density at radius 1 is 0.950 bits per heavy atom. The third-order valence-corrected chi connectivity index (χ3v) is 3.35. The van der Waals surface area contributed by atoms with E-state index in [1.165, 1.54) is 5.56 Å². The Morgan fingerprint density at radius 2 is 1.50 bits per heavy atom. The minimum atomic E-state index is 0.325. The molecule has 0 aromatic heterocycles. The quantitative estimate of drug-likeness (QED) is 0.877. The molecule has 0 aliphatic rings. The highest BCUT2D eigenvalue weighted by Gasteiger charge is 2.12. The van der Waals surface area contributed by atoms with Gasteiger partial charge in [0.1, 0.15) is 5.75 Å². The molecular weight excluding hydrogens is 246 g/mol. The van der Waals surface area contributed by atoms with E-state index in [2.05, 4.69) is 43.1 Å². The van der Waals surface area contributed by atoms with Gasteiger partial charge >= 0.3 is 0 Å². The second kappa shape index (κ2) is 8.39. The lowest BCUT2D eigenvalue weighted by Crippen LogP contribution is -2.21. The van der Waals surface area contributed by atoms with Crippen LogP contribution in [0.3, 0.4) is 0 Å². The van der Waals surface area contributed by atoms with E-state index in [9.17, 15) is 5.11 Å². The van der Waals surface area contributed by atoms with Gasteiger partial charge in [-0.2, -0.15) is 0 Å². The maximum absolute atomic E-state index is 9.79. The number of benzene rings is 2. The molecule has 2 nitrogen and oxygen atoms in total. The van der Waals surface area contributed by atoms with Gasteiger partial charge in [0.25, 0.3) is 0 Å². The second-order valence-corrected chi connectivity index (χ2v) is 4.63. The van der Waals surface area contributed by atoms with Crippen LogP contribution < -0.4 is 0 Å². The van der Waals surface area contributed by atoms with Crippen LogP contribution in [0.25, 0.3) is 0 Å². The lowest BCUT2D eigenvalue weighted by molar-refractivity contribution is 0.250. The fourth-order valence-corrected chi connectivity index (χ4v) is 2.04. The molecule has 2 aromatic rings. The van der Waals surface area contributed by atoms with Gasteiger partial charge in [-0.15, -0.1) is 0 Å². The van der Waals surface area contributed by atoms with Crippen LogP contribution >= 0.6 is 0 Å². The highest BCUT2D eigenvalue weighted by Crippen LogP contribution is 2.23. The van der Waals surface area contributed by atoms with Crippen molar-refractivity contribution >= 4 is 0 Å². The zero-order valence-corrected chi connectivity index (χ0v) is 12.9. The van der Waals surface area contributed by atoms with Crippen LogP contribution in [-0.2, 0) is 6.54 Å². The largest absolute Gasteiger partial charge is 0.508 e. The van der Waals surface area contributed by atoms with Crippen LogP contribution in [0.4, 0.5) is 0 Å². The summed E-state index contributed by atoms with van der Waals surface area (Å²) in [6.07, 6.45) is 0. The summed E-state index contributed by atoms with van der Waals surface area (Å²) in [5.41, 5.74) is 2.25. The Balaban J connectivity index is 0.000000956. The number of para-hydroxylation sites is 1. The number of phenolic OH excluding ortho intramolecular Hbond substituents is 1. The predicted molar refractivity (Wildman–Crippen MR) is 85.8 cm³/mol. The number of phenols is 1. The summed E-state index contributed by atoms with van der Waals surface area (Å²) in [4.78, 5) is 2.23. The van der Waals surface area contributed by atoms with Crippen molar-refractivity contribution in [2.45, 2.75) is 33.4 Å². The van der Waals surface area contributed by atoms with Crippen molar-refractivity contribution in [2.24, 2.45) is 0 Å². The Kier molecular flexibility index (Phi) is 6.82. The minimum Gasteiger partial charge on any atom is -0.508 e. The van der Waals surface area contributed by atoms with Crippen molar-refractivity contribution in [3.05, 3.63) is 65.7 Å². The third kappa shape index (κ3) is 4.39. The van der Waals surface area contributed by atoms with Crippen molar-refractivity contribution in [1.29, 1.82) is 0 Å². The van der Waals surface area contributed by atoms with E-state index in [0.29, 0.717) is 11.8 Å². The summed E-state index contributed by atoms with van der Waals surface area (Å²) >= 11 is 0. The molecule has 2 heteroatoms. The standard InChI is InChI=1S/C16H19NO.C2H6/c1-13(14-8-4-3-5-9-14)17(2)12-15-10-6-7-11-16(15)18;1-2/h3-11,13,18H,12H2,1-2H3;1-2H3. The SMILES string of the molecule is CC.CC(c1ccccc1)N(C)Cc1ccccc1O. The summed E-state index contributed by atoms with van der Waals surface area (Å²) < 4.78 is 0. The third-order valence-electron chi connectivity index (χ3n) is 3.35. The van der Waals surface area contributed by atoms with Gasteiger partial charge in [-0.1, -0.05) is 62.4 Å². The van der Waals surface area contributed by atoms with Gasteiger partial charge in [0, 0.05) is 18.2 Å². The number of aromatic hydroxyl groups is 1. The fourth-order valence-electron chi connectivity index (χ4n) is 2.04. The zero-order chi connectivity index (χ0) is 15.0. The molecule has 0 heterocycles. The Hall–Kier alpha value is -1.80. The average molecular weight is 271 g/mol. The van der Waals surface area contributed by atoms with E-state index >= 15 is 0 Å². The topological polar surface area (TPSA) is 23.5 Å². The molecule has 0 saturated heterocycles. The van der Waals surface area contributed by atoms with Crippen molar-refractivity contribution in [3.8, 4) is 5.75 Å². The van der Waals surface area contributed by atoms with Crippen LogP contribution in [0.2, 0.25) is 0 Å². The molecule has 0 radical (unpaired) electrons. The molecule has 0 fully saturated rings. The Morgan fingerprint density at radius 3 is 2.10 bits per heavy atom. The first-order chi connectivity index (χ1) is 9.68. The van der Waals surface area contributed by atoms with E-state index in [-0.39, 0.29) is 0 Å². The number of nitrogens with zero attached hydrogens (tertiary/aromatic N) is 1. The van der Waals surface area contributed by atoms with Crippen LogP contribution in [0.15, 0.2) is 54.6 Å². The van der Waals surface area contributed by atoms with Gasteiger partial charge in [-0.3, -0.25) is 4.90 Å². The number of hydrogen-bond acceptors (Lipinski definition) is 2. The average Bonchev–Trinajstić information content (AvgIpc) is 2.51. The maximum atomic E-state index is 9.79. The molecule has 20 heavy (non-hydrogen) atoms. The molecule has 0 aliphatic carbocycles. The summed E-state index contributed by atoms with van der Waals surface area (Å²) in [6.45, 7) is 6.91. The molecule has 1 atom stereocenters. The molecule has 1 unspecified atom stereocenters. The first-order valence-electron chi connectivity index (χ1n) is 7.20. The summed E-state index contributed by atoms with van der Waals surface area (Å²) in [7, 11) is 2.07. The van der Waals surface area contributed by atoms with E-state index in [0.717, 1.165) is 12.1 Å². The first-order valence-corrected chi connectivity index (χ1v) is 7.20. The van der Waals surface area contributed by atoms with Gasteiger partial charge in [0.05, 0.1) is 0 Å². The lowest BCUT2D eigenvalue weighted by Gasteiger charge is -2.25. The van der Waals surface area contributed by atoms with Crippen LogP contribution in [0.1, 0.15) is 37.9 Å². The summed E-state index contributed by atoms with van der Waals surface area (Å²) in [5, 5.41) is 9.79. The number of hydrogen-bond donors (Lipinski definition) is 1. The van der Waals surface area contributed by atoms with Gasteiger partial charge in [-0.25, -0.2) is 0 Å². The smallest absolute Gasteiger partial charge is 0.120 e.